The molecule has 0 radical (unpaired) electrons. The van der Waals surface area contributed by atoms with Crippen LogP contribution >= 0.6 is 0 Å². The Morgan fingerprint density at radius 2 is 1.98 bits per heavy atom. The lowest BCUT2D eigenvalue weighted by Gasteiger charge is -2.36. The molecule has 2 saturated carbocycles. The van der Waals surface area contributed by atoms with E-state index in [0.29, 0.717) is 0 Å². The minimum Gasteiger partial charge on any atom is -0.443 e. The average molecular weight is 572 g/mol. The van der Waals surface area contributed by atoms with E-state index in [1.807, 2.05) is 0 Å². The lowest BCUT2D eigenvalue weighted by Crippen LogP contribution is -2.51. The van der Waals surface area contributed by atoms with Crippen LogP contribution in [0.2, 0.25) is 0 Å². The molecular weight excluding hydrogens is 533 g/mol. The Balaban J connectivity index is 1.72. The first kappa shape index (κ1) is 30.0. The van der Waals surface area contributed by atoms with Gasteiger partial charge in [-0.15, -0.1) is 0 Å². The Kier molecular flexibility index (Phi) is 8.66. The largest absolute Gasteiger partial charge is 0.443 e. The van der Waals surface area contributed by atoms with Gasteiger partial charge in [0, 0.05) is 39.2 Å². The van der Waals surface area contributed by atoms with Crippen LogP contribution in [0.15, 0.2) is 56.5 Å². The highest BCUT2D eigenvalue weighted by atomic mass is 19.1. The number of hydrogen-bond acceptors (Lipinski definition) is 9. The highest BCUT2D eigenvalue weighted by Gasteiger charge is 2.35. The number of rotatable bonds is 7. The van der Waals surface area contributed by atoms with Crippen LogP contribution in [0.5, 0.6) is 0 Å². The Morgan fingerprint density at radius 3 is 2.54 bits per heavy atom. The van der Waals surface area contributed by atoms with Gasteiger partial charge in [-0.3, -0.25) is 14.5 Å². The third kappa shape index (κ3) is 6.50. The lowest BCUT2D eigenvalue weighted by atomic mass is 9.89. The van der Waals surface area contributed by atoms with Crippen molar-refractivity contribution in [3.8, 4) is 0 Å². The maximum atomic E-state index is 13.5. The van der Waals surface area contributed by atoms with Crippen molar-refractivity contribution >= 4 is 30.2 Å². The van der Waals surface area contributed by atoms with Gasteiger partial charge in [-0.1, -0.05) is 0 Å². The molecule has 1 aromatic rings. The number of aliphatic imine (C=N–C) groups is 1. The fraction of sp³-hybridized carbons (Fsp3) is 0.536. The topological polar surface area (TPSA) is 130 Å². The number of methoxy groups -OCH3 is 1. The summed E-state index contributed by atoms with van der Waals surface area (Å²) < 4.78 is 25.9. The van der Waals surface area contributed by atoms with Gasteiger partial charge in [0.2, 0.25) is 0 Å². The second kappa shape index (κ2) is 11.9. The van der Waals surface area contributed by atoms with Crippen molar-refractivity contribution in [1.82, 2.24) is 19.8 Å². The molecule has 1 aromatic heterocycles. The molecule has 2 aliphatic carbocycles. The van der Waals surface area contributed by atoms with Crippen LogP contribution in [0.25, 0.3) is 0 Å². The number of nitrogens with one attached hydrogen (secondary N) is 2. The van der Waals surface area contributed by atoms with E-state index < -0.39 is 23.8 Å². The number of anilines is 1. The lowest BCUT2D eigenvalue weighted by molar-refractivity contribution is -0.120. The summed E-state index contributed by atoms with van der Waals surface area (Å²) in [4.78, 5) is 45.3. The molecule has 0 bridgehead atoms. The fourth-order valence-corrected chi connectivity index (χ4v) is 4.67. The molecule has 13 heteroatoms. The molecule has 2 fully saturated rings. The van der Waals surface area contributed by atoms with E-state index in [0.717, 1.165) is 12.8 Å². The van der Waals surface area contributed by atoms with Crippen LogP contribution in [-0.2, 0) is 14.3 Å². The Labute approximate surface area is 238 Å². The molecule has 1 aliphatic heterocycles. The van der Waals surface area contributed by atoms with Crippen LogP contribution in [0.1, 0.15) is 59.4 Å². The van der Waals surface area contributed by atoms with Crippen molar-refractivity contribution in [1.29, 1.82) is 0 Å². The van der Waals surface area contributed by atoms with E-state index in [-0.39, 0.29) is 65.3 Å². The number of hydrazone groups is 1. The van der Waals surface area contributed by atoms with Crippen molar-refractivity contribution < 1.29 is 23.5 Å². The van der Waals surface area contributed by atoms with Gasteiger partial charge in [0.25, 0.3) is 11.5 Å². The predicted molar refractivity (Wildman–Crippen MR) is 153 cm³/mol. The fourth-order valence-electron chi connectivity index (χ4n) is 4.67. The van der Waals surface area contributed by atoms with Crippen LogP contribution < -0.4 is 16.2 Å². The molecule has 2 N–H and O–H groups in total. The number of nitrogens with zero attached hydrogens (tertiary/aromatic N) is 5. The minimum absolute atomic E-state index is 0.0742. The third-order valence-corrected chi connectivity index (χ3v) is 7.25. The number of aromatic nitrogens is 1. The molecule has 222 valence electrons. The van der Waals surface area contributed by atoms with Gasteiger partial charge < -0.3 is 24.7 Å². The van der Waals surface area contributed by atoms with E-state index in [1.165, 1.54) is 27.6 Å². The highest BCUT2D eigenvalue weighted by molar-refractivity contribution is 6.06. The van der Waals surface area contributed by atoms with E-state index in [9.17, 15) is 18.8 Å². The van der Waals surface area contributed by atoms with Gasteiger partial charge in [-0.25, -0.2) is 14.2 Å². The summed E-state index contributed by atoms with van der Waals surface area (Å²) in [6.45, 7) is 10.4. The average Bonchev–Trinajstić information content (AvgIpc) is 2.88. The second-order valence-electron chi connectivity index (χ2n) is 11.4. The maximum Gasteiger partial charge on any atom is 0.415 e. The quantitative estimate of drug-likeness (QED) is 0.379. The second-order valence-corrected chi connectivity index (χ2v) is 11.4. The Morgan fingerprint density at radius 1 is 1.27 bits per heavy atom. The molecule has 2 amide bonds. The number of amides is 2. The normalized spacial score (nSPS) is 25.1. The van der Waals surface area contributed by atoms with Crippen molar-refractivity contribution in [2.45, 2.75) is 83.3 Å². The van der Waals surface area contributed by atoms with Crippen LogP contribution in [0, 0.1) is 0 Å². The predicted octanol–water partition coefficient (Wildman–Crippen LogP) is 3.50. The molecule has 12 nitrogen and oxygen atoms in total. The highest BCUT2D eigenvalue weighted by Crippen LogP contribution is 2.34. The van der Waals surface area contributed by atoms with Gasteiger partial charge in [-0.2, -0.15) is 10.1 Å². The number of alkyl halides is 1. The smallest absolute Gasteiger partial charge is 0.415 e. The van der Waals surface area contributed by atoms with Crippen LogP contribution in [-0.4, -0.2) is 77.1 Å². The molecular formula is C28H38FN7O5. The van der Waals surface area contributed by atoms with Gasteiger partial charge in [-0.05, 0) is 65.5 Å². The van der Waals surface area contributed by atoms with Crippen LogP contribution in [0.4, 0.5) is 14.9 Å². The zero-order valence-electron chi connectivity index (χ0n) is 24.3. The summed E-state index contributed by atoms with van der Waals surface area (Å²) in [6.07, 6.45) is 3.64. The van der Waals surface area contributed by atoms with E-state index in [1.54, 1.807) is 53.1 Å². The first-order valence-electron chi connectivity index (χ1n) is 13.5. The standard InChI is InChI=1S/C28H38FN7O5/c1-16(25(37)32-19-10-11-21(19)40-7)24-33-22(15-23(36(24)30-5)34(6)27(39)41-28(2,3)4)31-20-9-8-12-35(26(20)38)18-13-17(29)14-18/h8-9,12,15,17-19,21H,5,10-11,13-14H2,1-4,6-7H3,(H,31,33)(H,32,37)/b24-16+/t17?,18?,19?,21-/m0/s1. The number of amidine groups is 1. The first-order chi connectivity index (χ1) is 19.3. The molecule has 0 aromatic carbocycles. The molecule has 2 heterocycles. The number of carbonyl (C=O) groups excluding carboxylic acids is 2. The van der Waals surface area contributed by atoms with E-state index in [4.69, 9.17) is 9.47 Å². The zero-order valence-corrected chi connectivity index (χ0v) is 24.3. The summed E-state index contributed by atoms with van der Waals surface area (Å²) >= 11 is 0. The number of pyridine rings is 1. The maximum absolute atomic E-state index is 13.5. The Bertz CT molecular complexity index is 1350. The molecule has 0 saturated heterocycles. The van der Waals surface area contributed by atoms with Crippen molar-refractivity contribution in [3.05, 3.63) is 52.0 Å². The number of hydrogen-bond donors (Lipinski definition) is 2. The number of carbonyl (C=O) groups is 2. The van der Waals surface area contributed by atoms with E-state index in [2.05, 4.69) is 27.4 Å². The number of halogens is 1. The zero-order chi connectivity index (χ0) is 30.1. The summed E-state index contributed by atoms with van der Waals surface area (Å²) in [5.74, 6) is 0.0553. The van der Waals surface area contributed by atoms with Gasteiger partial charge in [0.05, 0.1) is 17.7 Å². The van der Waals surface area contributed by atoms with E-state index >= 15 is 0 Å². The summed E-state index contributed by atoms with van der Waals surface area (Å²) in [6, 6.07) is 2.91. The van der Waals surface area contributed by atoms with Crippen molar-refractivity contribution in [2.24, 2.45) is 10.1 Å². The molecule has 1 unspecified atom stereocenters. The summed E-state index contributed by atoms with van der Waals surface area (Å²) in [7, 11) is 3.09. The summed E-state index contributed by atoms with van der Waals surface area (Å²) in [5.41, 5.74) is -0.715. The molecule has 2 atom stereocenters. The van der Waals surface area contributed by atoms with Gasteiger partial charge in [0.1, 0.15) is 29.1 Å². The molecule has 41 heavy (non-hydrogen) atoms. The molecule has 0 spiro atoms. The summed E-state index contributed by atoms with van der Waals surface area (Å²) in [5, 5.41) is 11.3. The minimum atomic E-state index is -0.918. The van der Waals surface area contributed by atoms with Gasteiger partial charge in [0.15, 0.2) is 5.82 Å². The van der Waals surface area contributed by atoms with Gasteiger partial charge >= 0.3 is 6.09 Å². The SMILES string of the molecule is C=NN1C(N(C)C(=O)OC(C)(C)C)=CC(Nc2cccn(C3CC(F)C3)c2=O)=N/C1=C(/C)C(=O)NC1CC[C@@H]1OC. The van der Waals surface area contributed by atoms with Crippen molar-refractivity contribution in [3.63, 3.8) is 0 Å². The van der Waals surface area contributed by atoms with Crippen molar-refractivity contribution in [2.75, 3.05) is 19.5 Å². The number of ether oxygens (including phenoxy) is 2. The third-order valence-electron chi connectivity index (χ3n) is 7.25. The van der Waals surface area contributed by atoms with Crippen LogP contribution in [0.3, 0.4) is 0 Å². The first-order valence-corrected chi connectivity index (χ1v) is 13.5. The molecule has 4 rings (SSSR count). The molecule has 3 aliphatic rings. The Hall–Kier alpha value is -4.00. The monoisotopic (exact) mass is 571 g/mol.